The quantitative estimate of drug-likeness (QED) is 0.262. The van der Waals surface area contributed by atoms with Gasteiger partial charge in [0.05, 0.1) is 10.2 Å². The van der Waals surface area contributed by atoms with Crippen molar-refractivity contribution in [3.63, 3.8) is 0 Å². The van der Waals surface area contributed by atoms with Crippen molar-refractivity contribution < 1.29 is 14.3 Å². The predicted octanol–water partition coefficient (Wildman–Crippen LogP) is 3.67. The van der Waals surface area contributed by atoms with Crippen molar-refractivity contribution >= 4 is 51.9 Å². The van der Waals surface area contributed by atoms with Gasteiger partial charge >= 0.3 is 0 Å². The Morgan fingerprint density at radius 1 is 1.32 bits per heavy atom. The molecule has 1 fully saturated rings. The number of benzene rings is 1. The van der Waals surface area contributed by atoms with E-state index < -0.39 is 0 Å². The Morgan fingerprint density at radius 3 is 2.60 bits per heavy atom. The molecule has 2 rings (SSSR count). The van der Waals surface area contributed by atoms with Crippen molar-refractivity contribution in [2.45, 2.75) is 13.8 Å². The zero-order chi connectivity index (χ0) is 18.6. The smallest absolute Gasteiger partial charge is 0.276 e. The van der Waals surface area contributed by atoms with Gasteiger partial charge < -0.3 is 14.4 Å². The molecule has 1 aromatic carbocycles. The minimum Gasteiger partial charge on any atom is -0.490 e. The minimum absolute atomic E-state index is 0.0880. The van der Waals surface area contributed by atoms with Crippen molar-refractivity contribution in [1.82, 2.24) is 9.80 Å². The molecule has 1 heterocycles. The van der Waals surface area contributed by atoms with Gasteiger partial charge in [0.25, 0.3) is 5.91 Å². The van der Waals surface area contributed by atoms with E-state index in [1.54, 1.807) is 22.9 Å². The molecule has 0 N–H and O–H groups in total. The highest BCUT2D eigenvalue weighted by atomic mass is 127. The second-order valence-corrected chi connectivity index (χ2v) is 6.81. The Bertz CT molecular complexity index is 733. The standard InChI is InChI=1S/C18H21IN2O3S/c1-5-8-24-16-13(19)9-12(11-15(16)23-7-3)10-14-17(22)21(6-2)18(25)20(14)4/h5,9-11H,1,6-8H2,2-4H3/b14-10-. The van der Waals surface area contributed by atoms with E-state index in [1.165, 1.54) is 0 Å². The van der Waals surface area contributed by atoms with Gasteiger partial charge in [0.2, 0.25) is 0 Å². The van der Waals surface area contributed by atoms with Gasteiger partial charge in [-0.15, -0.1) is 0 Å². The first-order valence-corrected chi connectivity index (χ1v) is 9.44. The summed E-state index contributed by atoms with van der Waals surface area (Å²) in [6, 6.07) is 3.82. The zero-order valence-corrected chi connectivity index (χ0v) is 17.5. The average Bonchev–Trinajstić information content (AvgIpc) is 2.78. The van der Waals surface area contributed by atoms with Crippen molar-refractivity contribution in [1.29, 1.82) is 0 Å². The molecule has 0 bridgehead atoms. The number of likely N-dealkylation sites (N-methyl/N-ethyl adjacent to an activating group) is 2. The molecule has 1 aliphatic heterocycles. The highest BCUT2D eigenvalue weighted by Gasteiger charge is 2.34. The van der Waals surface area contributed by atoms with Gasteiger partial charge in [0, 0.05) is 13.6 Å². The molecule has 0 unspecified atom stereocenters. The topological polar surface area (TPSA) is 42.0 Å². The second kappa shape index (κ2) is 8.66. The van der Waals surface area contributed by atoms with Crippen molar-refractivity contribution in [2.75, 3.05) is 26.8 Å². The molecular weight excluding hydrogens is 451 g/mol. The van der Waals surface area contributed by atoms with E-state index in [-0.39, 0.29) is 5.91 Å². The monoisotopic (exact) mass is 472 g/mol. The second-order valence-electron chi connectivity index (χ2n) is 5.28. The number of carbonyl (C=O) groups excluding carboxylic acids is 1. The maximum atomic E-state index is 12.5. The molecule has 0 aromatic heterocycles. The number of carbonyl (C=O) groups is 1. The molecule has 7 heteroatoms. The summed E-state index contributed by atoms with van der Waals surface area (Å²) in [6.45, 7) is 8.96. The summed E-state index contributed by atoms with van der Waals surface area (Å²) in [7, 11) is 1.80. The third-order valence-corrected chi connectivity index (χ3v) is 4.94. The van der Waals surface area contributed by atoms with Crippen molar-refractivity contribution in [3.05, 3.63) is 39.6 Å². The molecule has 0 aliphatic carbocycles. The fourth-order valence-corrected chi connectivity index (χ4v) is 3.56. The van der Waals surface area contributed by atoms with Crippen LogP contribution in [0.3, 0.4) is 0 Å². The number of thiocarbonyl (C=S) groups is 1. The maximum Gasteiger partial charge on any atom is 0.276 e. The molecule has 1 saturated heterocycles. The lowest BCUT2D eigenvalue weighted by Crippen LogP contribution is -2.30. The highest BCUT2D eigenvalue weighted by Crippen LogP contribution is 2.35. The minimum atomic E-state index is -0.0880. The van der Waals surface area contributed by atoms with Gasteiger partial charge in [-0.1, -0.05) is 12.7 Å². The number of hydrogen-bond donors (Lipinski definition) is 0. The van der Waals surface area contributed by atoms with Crippen LogP contribution in [0, 0.1) is 3.57 Å². The van der Waals surface area contributed by atoms with Gasteiger partial charge in [-0.3, -0.25) is 9.69 Å². The van der Waals surface area contributed by atoms with Crippen LogP contribution in [-0.2, 0) is 4.79 Å². The van der Waals surface area contributed by atoms with Crippen LogP contribution in [0.5, 0.6) is 11.5 Å². The molecule has 134 valence electrons. The number of amides is 1. The summed E-state index contributed by atoms with van der Waals surface area (Å²) in [5.74, 6) is 1.24. The lowest BCUT2D eigenvalue weighted by Gasteiger charge is -2.15. The summed E-state index contributed by atoms with van der Waals surface area (Å²) < 4.78 is 12.3. The van der Waals surface area contributed by atoms with Gasteiger partial charge in [-0.2, -0.15) is 0 Å². The van der Waals surface area contributed by atoms with E-state index in [2.05, 4.69) is 29.2 Å². The number of halogens is 1. The Kier molecular flexibility index (Phi) is 6.83. The number of rotatable bonds is 7. The zero-order valence-electron chi connectivity index (χ0n) is 14.5. The molecular formula is C18H21IN2O3S. The molecule has 25 heavy (non-hydrogen) atoms. The van der Waals surface area contributed by atoms with E-state index in [0.29, 0.717) is 42.1 Å². The molecule has 1 aromatic rings. The lowest BCUT2D eigenvalue weighted by atomic mass is 10.1. The third kappa shape index (κ3) is 4.14. The number of hydrogen-bond acceptors (Lipinski definition) is 4. The first kappa shape index (κ1) is 19.7. The molecule has 1 aliphatic rings. The van der Waals surface area contributed by atoms with Crippen LogP contribution in [0.4, 0.5) is 0 Å². The summed E-state index contributed by atoms with van der Waals surface area (Å²) in [4.78, 5) is 15.8. The Labute approximate surface area is 167 Å². The third-order valence-electron chi connectivity index (χ3n) is 3.64. The van der Waals surface area contributed by atoms with Crippen LogP contribution in [-0.4, -0.2) is 47.6 Å². The van der Waals surface area contributed by atoms with Gasteiger partial charge in [0.15, 0.2) is 16.6 Å². The van der Waals surface area contributed by atoms with Crippen LogP contribution < -0.4 is 9.47 Å². The molecule has 1 amide bonds. The van der Waals surface area contributed by atoms with Crippen LogP contribution in [0.25, 0.3) is 6.08 Å². The largest absolute Gasteiger partial charge is 0.490 e. The summed E-state index contributed by atoms with van der Waals surface area (Å²) in [5, 5.41) is 0.518. The molecule has 0 spiro atoms. The van der Waals surface area contributed by atoms with Crippen LogP contribution in [0.15, 0.2) is 30.5 Å². The highest BCUT2D eigenvalue weighted by molar-refractivity contribution is 14.1. The lowest BCUT2D eigenvalue weighted by molar-refractivity contribution is -0.122. The van der Waals surface area contributed by atoms with E-state index in [9.17, 15) is 4.79 Å². The molecule has 0 atom stereocenters. The van der Waals surface area contributed by atoms with Gasteiger partial charge in [-0.25, -0.2) is 0 Å². The average molecular weight is 472 g/mol. The fraction of sp³-hybridized carbons (Fsp3) is 0.333. The Hall–Kier alpha value is -1.61. The first-order valence-electron chi connectivity index (χ1n) is 7.95. The van der Waals surface area contributed by atoms with Crippen molar-refractivity contribution in [3.8, 4) is 11.5 Å². The summed E-state index contributed by atoms with van der Waals surface area (Å²) >= 11 is 7.53. The molecule has 5 nitrogen and oxygen atoms in total. The van der Waals surface area contributed by atoms with E-state index in [1.807, 2.05) is 32.1 Å². The molecule has 0 saturated carbocycles. The Morgan fingerprint density at radius 2 is 2.04 bits per heavy atom. The fourth-order valence-electron chi connectivity index (χ4n) is 2.46. The van der Waals surface area contributed by atoms with E-state index in [4.69, 9.17) is 21.7 Å². The van der Waals surface area contributed by atoms with Gasteiger partial charge in [0.1, 0.15) is 12.3 Å². The first-order chi connectivity index (χ1) is 11.9. The number of ether oxygens (including phenoxy) is 2. The van der Waals surface area contributed by atoms with E-state index >= 15 is 0 Å². The maximum absolute atomic E-state index is 12.5. The SMILES string of the molecule is C=CCOc1c(I)cc(/C=C2/C(=O)N(CC)C(=S)N2C)cc1OCC. The van der Waals surface area contributed by atoms with Gasteiger partial charge in [-0.05, 0) is 72.4 Å². The summed E-state index contributed by atoms with van der Waals surface area (Å²) in [6.07, 6.45) is 3.51. The Balaban J connectivity index is 2.44. The molecule has 0 radical (unpaired) electrons. The van der Waals surface area contributed by atoms with Crippen LogP contribution in [0.1, 0.15) is 19.4 Å². The predicted molar refractivity (Wildman–Crippen MR) is 112 cm³/mol. The van der Waals surface area contributed by atoms with Crippen molar-refractivity contribution in [2.24, 2.45) is 0 Å². The normalized spacial score (nSPS) is 15.9. The van der Waals surface area contributed by atoms with E-state index in [0.717, 1.165) is 9.13 Å². The van der Waals surface area contributed by atoms with Crippen LogP contribution >= 0.6 is 34.8 Å². The summed E-state index contributed by atoms with van der Waals surface area (Å²) in [5.41, 5.74) is 1.40. The number of nitrogens with zero attached hydrogens (tertiary/aromatic N) is 2. The van der Waals surface area contributed by atoms with Crippen LogP contribution in [0.2, 0.25) is 0 Å².